The number of carbonyl (C=O) groups excluding carboxylic acids is 2. The van der Waals surface area contributed by atoms with E-state index in [-0.39, 0.29) is 24.2 Å². The molecule has 21 heavy (non-hydrogen) atoms. The van der Waals surface area contributed by atoms with E-state index in [4.69, 9.17) is 16.3 Å². The van der Waals surface area contributed by atoms with Crippen LogP contribution in [0.25, 0.3) is 0 Å². The van der Waals surface area contributed by atoms with Gasteiger partial charge in [0, 0.05) is 10.9 Å². The number of hydrogen-bond donors (Lipinski definition) is 1. The molecule has 0 heterocycles. The topological polar surface area (TPSA) is 55.4 Å². The Kier molecular flexibility index (Phi) is 4.57. The Labute approximate surface area is 129 Å². The quantitative estimate of drug-likeness (QED) is 0.925. The molecule has 4 nitrogen and oxygen atoms in total. The van der Waals surface area contributed by atoms with Crippen LogP contribution in [0.2, 0.25) is 5.02 Å². The molecule has 1 aliphatic rings. The summed E-state index contributed by atoms with van der Waals surface area (Å²) in [5, 5.41) is 3.20. The van der Waals surface area contributed by atoms with E-state index >= 15 is 0 Å². The number of hydrogen-bond acceptors (Lipinski definition) is 3. The van der Waals surface area contributed by atoms with Gasteiger partial charge in [-0.15, -0.1) is 0 Å². The lowest BCUT2D eigenvalue weighted by molar-refractivity contribution is -0.119. The van der Waals surface area contributed by atoms with Gasteiger partial charge < -0.3 is 10.1 Å². The van der Waals surface area contributed by atoms with Crippen LogP contribution in [-0.4, -0.2) is 24.0 Å². The van der Waals surface area contributed by atoms with Gasteiger partial charge in [0.1, 0.15) is 5.60 Å². The van der Waals surface area contributed by atoms with E-state index in [1.807, 2.05) is 24.3 Å². The lowest BCUT2D eigenvalue weighted by Gasteiger charge is -2.19. The normalized spacial score (nSPS) is 20.8. The van der Waals surface area contributed by atoms with Crippen LogP contribution in [-0.2, 0) is 9.53 Å². The summed E-state index contributed by atoms with van der Waals surface area (Å²) in [5.41, 5.74) is 0.563. The molecule has 1 amide bonds. The van der Waals surface area contributed by atoms with Crippen molar-refractivity contribution in [2.45, 2.75) is 38.7 Å². The van der Waals surface area contributed by atoms with Crippen molar-refractivity contribution in [2.75, 3.05) is 6.54 Å². The average Bonchev–Trinajstić information content (AvgIpc) is 3.15. The van der Waals surface area contributed by atoms with Gasteiger partial charge in [0.15, 0.2) is 5.78 Å². The van der Waals surface area contributed by atoms with Crippen molar-refractivity contribution >= 4 is 23.5 Å². The number of alkyl carbamates (subject to hydrolysis) is 1. The van der Waals surface area contributed by atoms with Gasteiger partial charge in [0.2, 0.25) is 0 Å². The van der Waals surface area contributed by atoms with Crippen LogP contribution in [0.1, 0.15) is 38.7 Å². The smallest absolute Gasteiger partial charge is 0.408 e. The van der Waals surface area contributed by atoms with Gasteiger partial charge in [-0.3, -0.25) is 4.79 Å². The van der Waals surface area contributed by atoms with Crippen molar-refractivity contribution in [3.63, 3.8) is 0 Å². The Hall–Kier alpha value is -1.55. The fourth-order valence-electron chi connectivity index (χ4n) is 2.23. The van der Waals surface area contributed by atoms with Gasteiger partial charge in [0.25, 0.3) is 0 Å². The molecule has 114 valence electrons. The summed E-state index contributed by atoms with van der Waals surface area (Å²) >= 11 is 5.84. The molecule has 0 radical (unpaired) electrons. The van der Waals surface area contributed by atoms with Gasteiger partial charge in [-0.05, 0) is 50.8 Å². The SMILES string of the molecule is CC(C)(C)OC(=O)NCC(=O)C1CC1c1ccc(Cl)cc1. The van der Waals surface area contributed by atoms with Gasteiger partial charge in [0.05, 0.1) is 6.54 Å². The van der Waals surface area contributed by atoms with Gasteiger partial charge in [-0.1, -0.05) is 23.7 Å². The molecule has 2 unspecified atom stereocenters. The number of ether oxygens (including phenoxy) is 1. The van der Waals surface area contributed by atoms with Crippen molar-refractivity contribution < 1.29 is 14.3 Å². The van der Waals surface area contributed by atoms with Crippen molar-refractivity contribution in [3.8, 4) is 0 Å². The van der Waals surface area contributed by atoms with Crippen LogP contribution in [0.4, 0.5) is 4.79 Å². The highest BCUT2D eigenvalue weighted by Gasteiger charge is 2.43. The highest BCUT2D eigenvalue weighted by atomic mass is 35.5. The monoisotopic (exact) mass is 309 g/mol. The van der Waals surface area contributed by atoms with E-state index in [1.54, 1.807) is 20.8 Å². The molecule has 0 aromatic heterocycles. The molecule has 1 aromatic carbocycles. The molecule has 1 N–H and O–H groups in total. The zero-order chi connectivity index (χ0) is 15.6. The van der Waals surface area contributed by atoms with Crippen LogP contribution in [0.3, 0.4) is 0 Å². The minimum Gasteiger partial charge on any atom is -0.444 e. The Balaban J connectivity index is 1.78. The first-order valence-electron chi connectivity index (χ1n) is 7.01. The summed E-state index contributed by atoms with van der Waals surface area (Å²) < 4.78 is 5.10. The van der Waals surface area contributed by atoms with Crippen LogP contribution < -0.4 is 5.32 Å². The van der Waals surface area contributed by atoms with Gasteiger partial charge in [-0.2, -0.15) is 0 Å². The molecule has 5 heteroatoms. The second-order valence-corrected chi connectivity index (χ2v) is 6.76. The van der Waals surface area contributed by atoms with Gasteiger partial charge >= 0.3 is 6.09 Å². The number of ketones is 1. The number of amides is 1. The zero-order valence-corrected chi connectivity index (χ0v) is 13.2. The summed E-state index contributed by atoms with van der Waals surface area (Å²) in [6.45, 7) is 5.37. The molecular weight excluding hydrogens is 290 g/mol. The van der Waals surface area contributed by atoms with Crippen molar-refractivity contribution in [3.05, 3.63) is 34.9 Å². The molecule has 2 rings (SSSR count). The van der Waals surface area contributed by atoms with Crippen LogP contribution in [0.15, 0.2) is 24.3 Å². The van der Waals surface area contributed by atoms with E-state index in [1.165, 1.54) is 0 Å². The number of nitrogens with one attached hydrogen (secondary N) is 1. The summed E-state index contributed by atoms with van der Waals surface area (Å²) in [6.07, 6.45) is 0.274. The Bertz CT molecular complexity index is 533. The van der Waals surface area contributed by atoms with Crippen LogP contribution >= 0.6 is 11.6 Å². The molecule has 0 spiro atoms. The molecule has 1 fully saturated rings. The molecule has 2 atom stereocenters. The van der Waals surface area contributed by atoms with E-state index < -0.39 is 11.7 Å². The third kappa shape index (κ3) is 4.74. The molecule has 1 aromatic rings. The lowest BCUT2D eigenvalue weighted by Crippen LogP contribution is -2.36. The van der Waals surface area contributed by atoms with E-state index in [0.717, 1.165) is 12.0 Å². The number of carbonyl (C=O) groups is 2. The second kappa shape index (κ2) is 6.06. The minimum atomic E-state index is -0.557. The standard InChI is InChI=1S/C16H20ClNO3/c1-16(2,3)21-15(20)18-9-14(19)13-8-12(13)10-4-6-11(17)7-5-10/h4-7,12-13H,8-9H2,1-3H3,(H,18,20). The summed E-state index contributed by atoms with van der Waals surface area (Å²) in [5.74, 6) is 0.275. The number of rotatable bonds is 4. The molecule has 0 bridgehead atoms. The summed E-state index contributed by atoms with van der Waals surface area (Å²) in [7, 11) is 0. The summed E-state index contributed by atoms with van der Waals surface area (Å²) in [6, 6.07) is 7.55. The highest BCUT2D eigenvalue weighted by Crippen LogP contribution is 2.47. The molecule has 0 aliphatic heterocycles. The Morgan fingerprint density at radius 3 is 2.48 bits per heavy atom. The first kappa shape index (κ1) is 15.8. The molecule has 0 saturated heterocycles. The van der Waals surface area contributed by atoms with E-state index in [2.05, 4.69) is 5.32 Å². The number of halogens is 1. The maximum atomic E-state index is 12.0. The van der Waals surface area contributed by atoms with Crippen molar-refractivity contribution in [1.29, 1.82) is 0 Å². The highest BCUT2D eigenvalue weighted by molar-refractivity contribution is 6.30. The lowest BCUT2D eigenvalue weighted by atomic mass is 10.1. The molecular formula is C16H20ClNO3. The third-order valence-electron chi connectivity index (χ3n) is 3.31. The largest absolute Gasteiger partial charge is 0.444 e. The third-order valence-corrected chi connectivity index (χ3v) is 3.56. The average molecular weight is 310 g/mol. The maximum Gasteiger partial charge on any atom is 0.408 e. The zero-order valence-electron chi connectivity index (χ0n) is 12.5. The molecule has 1 saturated carbocycles. The fourth-order valence-corrected chi connectivity index (χ4v) is 2.36. The van der Waals surface area contributed by atoms with E-state index in [0.29, 0.717) is 5.02 Å². The number of benzene rings is 1. The first-order chi connectivity index (χ1) is 9.76. The van der Waals surface area contributed by atoms with Crippen molar-refractivity contribution in [2.24, 2.45) is 5.92 Å². The van der Waals surface area contributed by atoms with Crippen LogP contribution in [0.5, 0.6) is 0 Å². The first-order valence-corrected chi connectivity index (χ1v) is 7.39. The number of Topliss-reactive ketones (excluding diaryl/α,β-unsaturated/α-hetero) is 1. The maximum absolute atomic E-state index is 12.0. The minimum absolute atomic E-state index is 0.0129. The fraction of sp³-hybridized carbons (Fsp3) is 0.500. The predicted octanol–water partition coefficient (Wildman–Crippen LogP) is 3.54. The van der Waals surface area contributed by atoms with E-state index in [9.17, 15) is 9.59 Å². The Morgan fingerprint density at radius 2 is 1.90 bits per heavy atom. The molecule has 1 aliphatic carbocycles. The van der Waals surface area contributed by atoms with Crippen molar-refractivity contribution in [1.82, 2.24) is 5.32 Å². The summed E-state index contributed by atoms with van der Waals surface area (Å²) in [4.78, 5) is 23.5. The van der Waals surface area contributed by atoms with Crippen LogP contribution in [0, 0.1) is 5.92 Å². The Morgan fingerprint density at radius 1 is 1.29 bits per heavy atom. The van der Waals surface area contributed by atoms with Gasteiger partial charge in [-0.25, -0.2) is 4.79 Å². The second-order valence-electron chi connectivity index (χ2n) is 6.32. The predicted molar refractivity (Wildman–Crippen MR) is 81.5 cm³/mol.